The summed E-state index contributed by atoms with van der Waals surface area (Å²) in [5.74, 6) is -0.346. The molecular weight excluding hydrogens is 226 g/mol. The van der Waals surface area contributed by atoms with Crippen molar-refractivity contribution in [3.05, 3.63) is 34.9 Å². The molecule has 0 radical (unpaired) electrons. The van der Waals surface area contributed by atoms with Gasteiger partial charge in [-0.3, -0.25) is 4.79 Å². The maximum Gasteiger partial charge on any atom is 0.320 e. The molecule has 1 aromatic rings. The summed E-state index contributed by atoms with van der Waals surface area (Å²) in [7, 11) is 0. The van der Waals surface area contributed by atoms with Gasteiger partial charge in [0.15, 0.2) is 0 Å². The molecule has 4 heteroatoms. The number of carbonyl (C=O) groups is 1. The second kappa shape index (κ2) is 4.85. The fourth-order valence-corrected chi connectivity index (χ4v) is 2.23. The molecule has 1 aliphatic rings. The first-order valence-corrected chi connectivity index (χ1v) is 5.73. The maximum absolute atomic E-state index is 10.8. The predicted molar refractivity (Wildman–Crippen MR) is 62.7 cm³/mol. The lowest BCUT2D eigenvalue weighted by Crippen LogP contribution is -2.29. The van der Waals surface area contributed by atoms with Crippen molar-refractivity contribution in [2.24, 2.45) is 5.92 Å². The summed E-state index contributed by atoms with van der Waals surface area (Å²) >= 11 is 5.80. The molecule has 0 aliphatic carbocycles. The number of carboxylic acids is 1. The minimum atomic E-state index is -0.751. The van der Waals surface area contributed by atoms with E-state index in [9.17, 15) is 4.79 Å². The van der Waals surface area contributed by atoms with Gasteiger partial charge in [-0.2, -0.15) is 0 Å². The van der Waals surface area contributed by atoms with Crippen LogP contribution in [0, 0.1) is 5.92 Å². The van der Waals surface area contributed by atoms with E-state index < -0.39 is 5.97 Å². The smallest absolute Gasteiger partial charge is 0.320 e. The highest BCUT2D eigenvalue weighted by molar-refractivity contribution is 6.30. The van der Waals surface area contributed by atoms with E-state index >= 15 is 0 Å². The molecule has 0 spiro atoms. The lowest BCUT2D eigenvalue weighted by Gasteiger charge is -2.08. The van der Waals surface area contributed by atoms with Gasteiger partial charge >= 0.3 is 5.97 Å². The van der Waals surface area contributed by atoms with Crippen LogP contribution in [-0.2, 0) is 11.2 Å². The number of halogens is 1. The summed E-state index contributed by atoms with van der Waals surface area (Å²) in [4.78, 5) is 10.8. The molecule has 3 nitrogen and oxygen atoms in total. The molecule has 0 aromatic heterocycles. The van der Waals surface area contributed by atoms with Gasteiger partial charge < -0.3 is 10.4 Å². The monoisotopic (exact) mass is 239 g/mol. The number of benzene rings is 1. The van der Waals surface area contributed by atoms with E-state index in [0.29, 0.717) is 12.3 Å². The maximum atomic E-state index is 10.8. The number of aliphatic carboxylic acids is 1. The van der Waals surface area contributed by atoms with Crippen LogP contribution in [0.5, 0.6) is 0 Å². The average molecular weight is 240 g/mol. The molecule has 2 atom stereocenters. The van der Waals surface area contributed by atoms with Gasteiger partial charge in [-0.25, -0.2) is 0 Å². The summed E-state index contributed by atoms with van der Waals surface area (Å²) in [6, 6.07) is 7.35. The summed E-state index contributed by atoms with van der Waals surface area (Å²) in [6.07, 6.45) is 1.62. The largest absolute Gasteiger partial charge is 0.480 e. The van der Waals surface area contributed by atoms with Crippen molar-refractivity contribution in [1.82, 2.24) is 5.32 Å². The van der Waals surface area contributed by atoms with Crippen LogP contribution in [0.4, 0.5) is 0 Å². The molecule has 0 unspecified atom stereocenters. The van der Waals surface area contributed by atoms with Gasteiger partial charge in [0.05, 0.1) is 0 Å². The zero-order valence-corrected chi connectivity index (χ0v) is 9.57. The number of carboxylic acid groups (broad SMARTS) is 1. The van der Waals surface area contributed by atoms with Crippen LogP contribution in [-0.4, -0.2) is 23.7 Å². The summed E-state index contributed by atoms with van der Waals surface area (Å²) in [5, 5.41) is 12.6. The Hall–Kier alpha value is -1.06. The number of nitrogens with one attached hydrogen (secondary N) is 1. The van der Waals surface area contributed by atoms with E-state index in [2.05, 4.69) is 5.32 Å². The Morgan fingerprint density at radius 3 is 2.69 bits per heavy atom. The minimum absolute atomic E-state index is 0.377. The average Bonchev–Trinajstić information content (AvgIpc) is 2.70. The molecule has 86 valence electrons. The standard InChI is InChI=1S/C12H14ClNO2/c13-10-3-1-8(2-4-10)5-9-6-11(12(15)16)14-7-9/h1-4,9,11,14H,5-7H2,(H,15,16)/t9-,11-/m0/s1. The van der Waals surface area contributed by atoms with E-state index in [0.717, 1.165) is 18.0 Å². The van der Waals surface area contributed by atoms with Crippen LogP contribution in [0.3, 0.4) is 0 Å². The molecule has 0 amide bonds. The predicted octanol–water partition coefficient (Wildman–Crippen LogP) is 1.95. The molecular formula is C12H14ClNO2. The highest BCUT2D eigenvalue weighted by atomic mass is 35.5. The van der Waals surface area contributed by atoms with E-state index in [1.54, 1.807) is 0 Å². The van der Waals surface area contributed by atoms with Crippen molar-refractivity contribution >= 4 is 17.6 Å². The highest BCUT2D eigenvalue weighted by Gasteiger charge is 2.28. The van der Waals surface area contributed by atoms with Gasteiger partial charge in [0.1, 0.15) is 6.04 Å². The zero-order chi connectivity index (χ0) is 11.5. The third-order valence-corrected chi connectivity index (χ3v) is 3.21. The molecule has 16 heavy (non-hydrogen) atoms. The normalized spacial score (nSPS) is 24.6. The molecule has 2 rings (SSSR count). The fraction of sp³-hybridized carbons (Fsp3) is 0.417. The lowest BCUT2D eigenvalue weighted by atomic mass is 9.97. The Morgan fingerprint density at radius 2 is 2.12 bits per heavy atom. The summed E-state index contributed by atoms with van der Waals surface area (Å²) in [5.41, 5.74) is 1.21. The quantitative estimate of drug-likeness (QED) is 0.848. The molecule has 1 aliphatic heterocycles. The zero-order valence-electron chi connectivity index (χ0n) is 8.82. The molecule has 1 heterocycles. The Morgan fingerprint density at radius 1 is 1.44 bits per heavy atom. The minimum Gasteiger partial charge on any atom is -0.480 e. The molecule has 2 N–H and O–H groups in total. The first-order valence-electron chi connectivity index (χ1n) is 5.36. The number of hydrogen-bond donors (Lipinski definition) is 2. The van der Waals surface area contributed by atoms with Crippen LogP contribution in [0.2, 0.25) is 5.02 Å². The van der Waals surface area contributed by atoms with Crippen LogP contribution in [0.25, 0.3) is 0 Å². The Bertz CT molecular complexity index is 377. The number of rotatable bonds is 3. The Kier molecular flexibility index (Phi) is 3.46. The van der Waals surface area contributed by atoms with Crippen LogP contribution < -0.4 is 5.32 Å². The lowest BCUT2D eigenvalue weighted by molar-refractivity contribution is -0.139. The highest BCUT2D eigenvalue weighted by Crippen LogP contribution is 2.20. The second-order valence-electron chi connectivity index (χ2n) is 4.23. The van der Waals surface area contributed by atoms with Crippen molar-refractivity contribution in [3.63, 3.8) is 0 Å². The van der Waals surface area contributed by atoms with Gasteiger partial charge in [-0.05, 0) is 43.0 Å². The van der Waals surface area contributed by atoms with Gasteiger partial charge in [-0.1, -0.05) is 23.7 Å². The van der Waals surface area contributed by atoms with Gasteiger partial charge in [-0.15, -0.1) is 0 Å². The fourth-order valence-electron chi connectivity index (χ4n) is 2.11. The van der Waals surface area contributed by atoms with Crippen molar-refractivity contribution in [2.45, 2.75) is 18.9 Å². The van der Waals surface area contributed by atoms with E-state index in [-0.39, 0.29) is 6.04 Å². The summed E-state index contributed by atoms with van der Waals surface area (Å²) in [6.45, 7) is 0.777. The van der Waals surface area contributed by atoms with E-state index in [1.165, 1.54) is 5.56 Å². The third kappa shape index (κ3) is 2.74. The molecule has 1 fully saturated rings. The van der Waals surface area contributed by atoms with Crippen LogP contribution >= 0.6 is 11.6 Å². The Balaban J connectivity index is 1.92. The van der Waals surface area contributed by atoms with Crippen molar-refractivity contribution < 1.29 is 9.90 Å². The van der Waals surface area contributed by atoms with Crippen LogP contribution in [0.15, 0.2) is 24.3 Å². The van der Waals surface area contributed by atoms with E-state index in [4.69, 9.17) is 16.7 Å². The van der Waals surface area contributed by atoms with Crippen molar-refractivity contribution in [1.29, 1.82) is 0 Å². The van der Waals surface area contributed by atoms with Gasteiger partial charge in [0, 0.05) is 5.02 Å². The van der Waals surface area contributed by atoms with Crippen molar-refractivity contribution in [2.75, 3.05) is 6.54 Å². The SMILES string of the molecule is O=C(O)[C@@H]1C[C@H](Cc2ccc(Cl)cc2)CN1. The molecule has 0 bridgehead atoms. The molecule has 0 saturated carbocycles. The first kappa shape index (κ1) is 11.4. The molecule has 1 saturated heterocycles. The third-order valence-electron chi connectivity index (χ3n) is 2.96. The topological polar surface area (TPSA) is 49.3 Å². The second-order valence-corrected chi connectivity index (χ2v) is 4.67. The number of hydrogen-bond acceptors (Lipinski definition) is 2. The summed E-state index contributed by atoms with van der Waals surface area (Å²) < 4.78 is 0. The first-order chi connectivity index (χ1) is 7.65. The van der Waals surface area contributed by atoms with Gasteiger partial charge in [0.25, 0.3) is 0 Å². The molecule has 1 aromatic carbocycles. The van der Waals surface area contributed by atoms with Gasteiger partial charge in [0.2, 0.25) is 0 Å². The van der Waals surface area contributed by atoms with Crippen LogP contribution in [0.1, 0.15) is 12.0 Å². The Labute approximate surface area is 99.4 Å². The van der Waals surface area contributed by atoms with Crippen molar-refractivity contribution in [3.8, 4) is 0 Å². The van der Waals surface area contributed by atoms with E-state index in [1.807, 2.05) is 24.3 Å².